The summed E-state index contributed by atoms with van der Waals surface area (Å²) >= 11 is 0. The van der Waals surface area contributed by atoms with Gasteiger partial charge >= 0.3 is 5.69 Å². The van der Waals surface area contributed by atoms with E-state index in [1.165, 1.54) is 4.57 Å². The van der Waals surface area contributed by atoms with Gasteiger partial charge in [-0.1, -0.05) is 0 Å². The Labute approximate surface area is 126 Å². The Morgan fingerprint density at radius 1 is 1.23 bits per heavy atom. The van der Waals surface area contributed by atoms with Crippen molar-refractivity contribution in [1.29, 1.82) is 0 Å². The molecule has 3 heterocycles. The number of anilines is 1. The first kappa shape index (κ1) is 12.9. The highest BCUT2D eigenvalue weighted by atomic mass is 16.1. The highest BCUT2D eigenvalue weighted by Gasteiger charge is 2.26. The molecule has 6 heteroatoms. The molecule has 0 spiro atoms. The first-order valence-electron chi connectivity index (χ1n) is 7.25. The van der Waals surface area contributed by atoms with E-state index in [-0.39, 0.29) is 5.82 Å². The summed E-state index contributed by atoms with van der Waals surface area (Å²) in [6.45, 7) is 1.93. The van der Waals surface area contributed by atoms with Crippen LogP contribution in [0, 0.1) is 6.92 Å². The fraction of sp³-hybridized carbons (Fsp3) is 0.250. The molecule has 0 amide bonds. The quantitative estimate of drug-likeness (QED) is 0.780. The van der Waals surface area contributed by atoms with Crippen molar-refractivity contribution in [3.63, 3.8) is 0 Å². The number of hydrogen-bond acceptors (Lipinski definition) is 5. The number of aryl methyl sites for hydroxylation is 1. The normalized spacial score (nSPS) is 14.4. The van der Waals surface area contributed by atoms with Gasteiger partial charge < -0.3 is 5.73 Å². The van der Waals surface area contributed by atoms with Crippen LogP contribution in [-0.2, 0) is 0 Å². The number of nitrogens with zero attached hydrogens (tertiary/aromatic N) is 4. The van der Waals surface area contributed by atoms with Gasteiger partial charge in [0.1, 0.15) is 5.82 Å². The van der Waals surface area contributed by atoms with Crippen molar-refractivity contribution in [2.75, 3.05) is 5.73 Å². The molecule has 1 aliphatic rings. The van der Waals surface area contributed by atoms with Crippen LogP contribution in [0.5, 0.6) is 0 Å². The minimum Gasteiger partial charge on any atom is -0.383 e. The van der Waals surface area contributed by atoms with Crippen molar-refractivity contribution in [2.45, 2.75) is 25.7 Å². The van der Waals surface area contributed by atoms with E-state index in [9.17, 15) is 4.79 Å². The summed E-state index contributed by atoms with van der Waals surface area (Å²) < 4.78 is 1.50. The van der Waals surface area contributed by atoms with E-state index in [4.69, 9.17) is 10.7 Å². The van der Waals surface area contributed by atoms with Gasteiger partial charge in [0.05, 0.1) is 17.3 Å². The maximum Gasteiger partial charge on any atom is 0.355 e. The second-order valence-electron chi connectivity index (χ2n) is 5.66. The Kier molecular flexibility index (Phi) is 2.72. The summed E-state index contributed by atoms with van der Waals surface area (Å²) in [5, 5.41) is 0.687. The maximum absolute atomic E-state index is 12.4. The van der Waals surface area contributed by atoms with Gasteiger partial charge in [-0.05, 0) is 43.5 Å². The van der Waals surface area contributed by atoms with Gasteiger partial charge in [0.2, 0.25) is 0 Å². The Bertz CT molecular complexity index is 943. The summed E-state index contributed by atoms with van der Waals surface area (Å²) in [6, 6.07) is 5.73. The molecule has 0 saturated heterocycles. The third-order valence-electron chi connectivity index (χ3n) is 4.04. The van der Waals surface area contributed by atoms with Gasteiger partial charge in [0.25, 0.3) is 0 Å². The van der Waals surface area contributed by atoms with Crippen LogP contribution >= 0.6 is 0 Å². The van der Waals surface area contributed by atoms with E-state index in [1.54, 1.807) is 12.4 Å². The molecule has 1 fully saturated rings. The van der Waals surface area contributed by atoms with Crippen LogP contribution in [0.25, 0.3) is 16.7 Å². The van der Waals surface area contributed by atoms with Gasteiger partial charge in [-0.15, -0.1) is 0 Å². The van der Waals surface area contributed by atoms with Crippen molar-refractivity contribution in [3.05, 3.63) is 52.3 Å². The molecule has 3 aromatic heterocycles. The largest absolute Gasteiger partial charge is 0.383 e. The lowest BCUT2D eigenvalue weighted by molar-refractivity contribution is 0.914. The minimum atomic E-state index is -0.429. The molecule has 22 heavy (non-hydrogen) atoms. The molecule has 3 aromatic rings. The van der Waals surface area contributed by atoms with E-state index in [1.807, 2.05) is 25.1 Å². The highest BCUT2D eigenvalue weighted by molar-refractivity contribution is 5.86. The van der Waals surface area contributed by atoms with Crippen molar-refractivity contribution in [3.8, 4) is 5.69 Å². The Morgan fingerprint density at radius 3 is 2.77 bits per heavy atom. The number of fused-ring (bicyclic) bond motifs is 1. The lowest BCUT2D eigenvalue weighted by Crippen LogP contribution is -2.24. The second kappa shape index (κ2) is 4.62. The van der Waals surface area contributed by atoms with Crippen LogP contribution in [0.4, 0.5) is 5.82 Å². The molecule has 2 N–H and O–H groups in total. The fourth-order valence-corrected chi connectivity index (χ4v) is 2.65. The molecule has 6 nitrogen and oxygen atoms in total. The molecular weight excluding hydrogens is 278 g/mol. The Hall–Kier alpha value is -2.76. The van der Waals surface area contributed by atoms with E-state index >= 15 is 0 Å². The number of rotatable bonds is 2. The second-order valence-corrected chi connectivity index (χ2v) is 5.66. The summed E-state index contributed by atoms with van der Waals surface area (Å²) in [4.78, 5) is 25.1. The number of aromatic nitrogens is 4. The minimum absolute atomic E-state index is 0.215. The molecule has 4 rings (SSSR count). The highest BCUT2D eigenvalue weighted by Crippen LogP contribution is 2.39. The zero-order valence-electron chi connectivity index (χ0n) is 12.2. The molecule has 0 aliphatic heterocycles. The third-order valence-corrected chi connectivity index (χ3v) is 4.04. The zero-order valence-corrected chi connectivity index (χ0v) is 12.2. The van der Waals surface area contributed by atoms with Crippen molar-refractivity contribution < 1.29 is 0 Å². The average Bonchev–Trinajstić information content (AvgIpc) is 3.33. The third kappa shape index (κ3) is 1.95. The Morgan fingerprint density at radius 2 is 2.05 bits per heavy atom. The number of hydrogen-bond donors (Lipinski definition) is 1. The fourth-order valence-electron chi connectivity index (χ4n) is 2.65. The SMILES string of the molecule is Cc1ccncc1-n1c(=O)nc(N)c2ccc(C3CC3)nc21. The van der Waals surface area contributed by atoms with Crippen molar-refractivity contribution >= 4 is 16.9 Å². The van der Waals surface area contributed by atoms with Gasteiger partial charge in [0, 0.05) is 17.8 Å². The average molecular weight is 293 g/mol. The molecule has 1 saturated carbocycles. The van der Waals surface area contributed by atoms with Crippen LogP contribution < -0.4 is 11.4 Å². The first-order chi connectivity index (χ1) is 10.6. The number of nitrogens with two attached hydrogens (primary N) is 1. The monoisotopic (exact) mass is 293 g/mol. The van der Waals surface area contributed by atoms with E-state index in [0.717, 1.165) is 24.1 Å². The first-order valence-corrected chi connectivity index (χ1v) is 7.25. The molecule has 110 valence electrons. The van der Waals surface area contributed by atoms with E-state index in [0.29, 0.717) is 22.6 Å². The molecule has 1 aliphatic carbocycles. The lowest BCUT2D eigenvalue weighted by Gasteiger charge is -2.12. The van der Waals surface area contributed by atoms with Crippen LogP contribution in [-0.4, -0.2) is 19.5 Å². The molecule has 0 radical (unpaired) electrons. The Balaban J connectivity index is 2.10. The smallest absolute Gasteiger partial charge is 0.355 e. The van der Waals surface area contributed by atoms with Gasteiger partial charge in [0.15, 0.2) is 5.65 Å². The van der Waals surface area contributed by atoms with E-state index < -0.39 is 5.69 Å². The van der Waals surface area contributed by atoms with Gasteiger partial charge in [-0.2, -0.15) is 4.98 Å². The zero-order chi connectivity index (χ0) is 15.3. The molecular formula is C16H15N5O. The number of pyridine rings is 2. The van der Waals surface area contributed by atoms with Crippen LogP contribution in [0.15, 0.2) is 35.4 Å². The molecule has 0 atom stereocenters. The molecule has 0 aromatic carbocycles. The summed E-state index contributed by atoms with van der Waals surface area (Å²) in [6.07, 6.45) is 5.64. The van der Waals surface area contributed by atoms with Crippen molar-refractivity contribution in [1.82, 2.24) is 19.5 Å². The summed E-state index contributed by atoms with van der Waals surface area (Å²) in [5.41, 5.74) is 8.66. The molecule has 0 bridgehead atoms. The molecule has 0 unspecified atom stereocenters. The van der Waals surface area contributed by atoms with Crippen LogP contribution in [0.1, 0.15) is 30.0 Å². The van der Waals surface area contributed by atoms with E-state index in [2.05, 4.69) is 9.97 Å². The lowest BCUT2D eigenvalue weighted by atomic mass is 10.2. The van der Waals surface area contributed by atoms with Crippen LogP contribution in [0.2, 0.25) is 0 Å². The predicted molar refractivity (Wildman–Crippen MR) is 84.1 cm³/mol. The summed E-state index contributed by atoms with van der Waals surface area (Å²) in [7, 11) is 0. The standard InChI is InChI=1S/C16H15N5O/c1-9-6-7-18-8-13(9)21-15-11(14(17)20-16(21)22)4-5-12(19-15)10-2-3-10/h4-8,10H,2-3H2,1H3,(H2,17,20,22). The van der Waals surface area contributed by atoms with Gasteiger partial charge in [-0.3, -0.25) is 4.98 Å². The topological polar surface area (TPSA) is 86.7 Å². The maximum atomic E-state index is 12.4. The van der Waals surface area contributed by atoms with Crippen molar-refractivity contribution in [2.24, 2.45) is 0 Å². The number of nitrogen functional groups attached to an aromatic ring is 1. The predicted octanol–water partition coefficient (Wildman–Crippen LogP) is 1.94. The summed E-state index contributed by atoms with van der Waals surface area (Å²) in [5.74, 6) is 0.713. The van der Waals surface area contributed by atoms with Crippen LogP contribution in [0.3, 0.4) is 0 Å². The van der Waals surface area contributed by atoms with Gasteiger partial charge in [-0.25, -0.2) is 14.3 Å².